The van der Waals surface area contributed by atoms with Crippen molar-refractivity contribution in [1.29, 1.82) is 0 Å². The number of hydrogen-bond acceptors (Lipinski definition) is 30. The highest BCUT2D eigenvalue weighted by molar-refractivity contribution is 4.99. The normalized spacial score (nSPS) is 54.0. The molecule has 0 bridgehead atoms. The molecule has 386 valence electrons. The van der Waals surface area contributed by atoms with Crippen molar-refractivity contribution >= 4 is 0 Å². The van der Waals surface area contributed by atoms with Crippen LogP contribution in [-0.2, 0) is 52.1 Å². The molecule has 0 radical (unpaired) electrons. The van der Waals surface area contributed by atoms with Crippen molar-refractivity contribution in [1.82, 2.24) is 0 Å². The predicted octanol–water partition coefficient (Wildman–Crippen LogP) is -13.1. The molecule has 30 heteroatoms. The lowest BCUT2D eigenvalue weighted by Crippen LogP contribution is -2.68. The summed E-state index contributed by atoms with van der Waals surface area (Å²) in [6.07, 6.45) is -54.5. The highest BCUT2D eigenvalue weighted by atomic mass is 16.8. The Labute approximate surface area is 373 Å². The first-order valence-electron chi connectivity index (χ1n) is 21.0. The van der Waals surface area contributed by atoms with Gasteiger partial charge in [-0.3, -0.25) is 0 Å². The van der Waals surface area contributed by atoms with E-state index in [2.05, 4.69) is 0 Å². The minimum absolute atomic E-state index is 0.809. The second kappa shape index (κ2) is 22.9. The monoisotopic (exact) mass is 974 g/mol. The zero-order valence-electron chi connectivity index (χ0n) is 34.8. The molecule has 6 heterocycles. The average Bonchev–Trinajstić information content (AvgIpc) is 3.30. The highest BCUT2D eigenvalue weighted by Crippen LogP contribution is 2.36. The van der Waals surface area contributed by atoms with E-state index >= 15 is 0 Å². The third-order valence-electron chi connectivity index (χ3n) is 12.4. The quantitative estimate of drug-likeness (QED) is 0.0724. The van der Waals surface area contributed by atoms with Gasteiger partial charge >= 0.3 is 0 Å². The standard InChI is InChI=1S/C36H62O30/c1-7-26(16(45)22(51)32(56-7)63-27-9(3-38)57-31(55)20(49)15(27)44)62-34-23(52)17(46)29(10(4-39)59-34)65-36-25(54)19(48)30(12(6-41)61-36)66-35-24(53)18(47)28(11(5-40)60-35)64-33-21(50)14(43)13(42)8(2-37)58-33/h7-55H,2-6H2,1H3/t7-,8-,9-,10-,11-,12-,13-,14+,15-,16-,17-,18-,19-,20-,21-,22-,23-,24-,25-,26-,27-,28-,29-,30-,31-,32+,33+,34+,35+,36+/m1/s1. The van der Waals surface area contributed by atoms with Gasteiger partial charge in [-0.15, -0.1) is 0 Å². The number of hydrogen-bond donors (Lipinski definition) is 19. The second-order valence-electron chi connectivity index (χ2n) is 16.7. The van der Waals surface area contributed by atoms with E-state index in [0.29, 0.717) is 0 Å². The molecule has 6 aliphatic rings. The van der Waals surface area contributed by atoms with Crippen LogP contribution in [0.2, 0.25) is 0 Å². The van der Waals surface area contributed by atoms with Gasteiger partial charge in [-0.1, -0.05) is 0 Å². The van der Waals surface area contributed by atoms with E-state index < -0.39 is 217 Å². The fraction of sp³-hybridized carbons (Fsp3) is 1.00. The SMILES string of the molecule is C[C@H]1O[C@@H](O[C@H]2[C@H](O)[C@@H](O)[C@H](O)O[C@@H]2CO)[C@H](O)[C@@H](O)[C@@H]1O[C@@H]1O[C@H](CO)[C@@H](O[C@@H]2O[C@H](CO)[C@@H](O[C@@H]3O[C@H](CO)[C@@H](O[C@@H]4O[C@H](CO)[C@@H](O)[C@H](O)[C@H]4O)[C@H](O)[C@H]3O)[C@H](O)[C@H]2O)[C@H](O)[C@H]1O. The fourth-order valence-electron chi connectivity index (χ4n) is 8.49. The summed E-state index contributed by atoms with van der Waals surface area (Å²) >= 11 is 0. The van der Waals surface area contributed by atoms with Crippen molar-refractivity contribution < 1.29 is 149 Å². The number of aliphatic hydroxyl groups excluding tert-OH is 19. The first-order valence-corrected chi connectivity index (χ1v) is 21.0. The van der Waals surface area contributed by atoms with Gasteiger partial charge in [0.05, 0.1) is 39.1 Å². The number of rotatable bonds is 15. The van der Waals surface area contributed by atoms with Crippen LogP contribution in [0.5, 0.6) is 0 Å². The molecule has 30 atom stereocenters. The van der Waals surface area contributed by atoms with Gasteiger partial charge in [0.2, 0.25) is 0 Å². The Morgan fingerprint density at radius 3 is 0.879 bits per heavy atom. The molecule has 6 fully saturated rings. The van der Waals surface area contributed by atoms with Gasteiger partial charge in [0, 0.05) is 0 Å². The minimum atomic E-state index is -2.15. The largest absolute Gasteiger partial charge is 0.394 e. The van der Waals surface area contributed by atoms with Gasteiger partial charge in [0.1, 0.15) is 140 Å². The molecule has 6 saturated heterocycles. The molecule has 6 rings (SSSR count). The van der Waals surface area contributed by atoms with E-state index in [9.17, 15) is 97.0 Å². The molecule has 0 aromatic rings. The molecule has 66 heavy (non-hydrogen) atoms. The molecule has 6 aliphatic heterocycles. The summed E-state index contributed by atoms with van der Waals surface area (Å²) in [5.74, 6) is 0. The molecule has 0 unspecified atom stereocenters. The summed E-state index contributed by atoms with van der Waals surface area (Å²) in [5, 5.41) is 199. The van der Waals surface area contributed by atoms with Crippen LogP contribution in [0.3, 0.4) is 0 Å². The molecule has 0 amide bonds. The van der Waals surface area contributed by atoms with E-state index in [1.807, 2.05) is 0 Å². The van der Waals surface area contributed by atoms with E-state index in [1.165, 1.54) is 6.92 Å². The van der Waals surface area contributed by atoms with Crippen LogP contribution in [0.25, 0.3) is 0 Å². The first-order chi connectivity index (χ1) is 31.2. The first kappa shape index (κ1) is 54.1. The molecule has 0 aromatic carbocycles. The average molecular weight is 975 g/mol. The number of ether oxygens (including phenoxy) is 11. The third-order valence-corrected chi connectivity index (χ3v) is 12.4. The highest BCUT2D eigenvalue weighted by Gasteiger charge is 2.57. The lowest BCUT2D eigenvalue weighted by molar-refractivity contribution is -0.394. The summed E-state index contributed by atoms with van der Waals surface area (Å²) in [6, 6.07) is 0. The van der Waals surface area contributed by atoms with E-state index in [1.54, 1.807) is 0 Å². The zero-order chi connectivity index (χ0) is 48.6. The van der Waals surface area contributed by atoms with E-state index in [-0.39, 0.29) is 0 Å². The van der Waals surface area contributed by atoms with Crippen LogP contribution in [0, 0.1) is 0 Å². The van der Waals surface area contributed by atoms with Crippen LogP contribution >= 0.6 is 0 Å². The van der Waals surface area contributed by atoms with Gasteiger partial charge in [-0.25, -0.2) is 0 Å². The van der Waals surface area contributed by atoms with Crippen molar-refractivity contribution in [2.24, 2.45) is 0 Å². The molecule has 0 aliphatic carbocycles. The maximum absolute atomic E-state index is 11.2. The fourth-order valence-corrected chi connectivity index (χ4v) is 8.49. The molecule has 0 aromatic heterocycles. The predicted molar refractivity (Wildman–Crippen MR) is 198 cm³/mol. The summed E-state index contributed by atoms with van der Waals surface area (Å²) in [5.41, 5.74) is 0. The maximum Gasteiger partial charge on any atom is 0.187 e. The molecular weight excluding hydrogens is 912 g/mol. The Hall–Kier alpha value is -1.20. The molecule has 0 spiro atoms. The summed E-state index contributed by atoms with van der Waals surface area (Å²) in [6.45, 7) is -3.23. The third kappa shape index (κ3) is 10.8. The van der Waals surface area contributed by atoms with Crippen molar-refractivity contribution in [2.75, 3.05) is 33.0 Å². The van der Waals surface area contributed by atoms with E-state index in [4.69, 9.17) is 52.1 Å². The van der Waals surface area contributed by atoms with Crippen LogP contribution in [-0.4, -0.2) is 314 Å². The number of aliphatic hydroxyl groups is 19. The molecular formula is C36H62O30. The Morgan fingerprint density at radius 2 is 0.530 bits per heavy atom. The van der Waals surface area contributed by atoms with Crippen molar-refractivity contribution in [2.45, 2.75) is 191 Å². The summed E-state index contributed by atoms with van der Waals surface area (Å²) in [4.78, 5) is 0. The Kier molecular flexibility index (Phi) is 18.8. The zero-order valence-corrected chi connectivity index (χ0v) is 34.8. The van der Waals surface area contributed by atoms with Gasteiger partial charge in [-0.2, -0.15) is 0 Å². The molecule has 19 N–H and O–H groups in total. The van der Waals surface area contributed by atoms with Crippen molar-refractivity contribution in [3.8, 4) is 0 Å². The summed E-state index contributed by atoms with van der Waals surface area (Å²) in [7, 11) is 0. The van der Waals surface area contributed by atoms with Crippen LogP contribution in [0.15, 0.2) is 0 Å². The topological polar surface area (TPSA) is 486 Å². The van der Waals surface area contributed by atoms with Gasteiger partial charge in [0.15, 0.2) is 37.7 Å². The van der Waals surface area contributed by atoms with Crippen LogP contribution in [0.4, 0.5) is 0 Å². The van der Waals surface area contributed by atoms with Gasteiger partial charge in [-0.05, 0) is 6.92 Å². The second-order valence-corrected chi connectivity index (χ2v) is 16.7. The van der Waals surface area contributed by atoms with Gasteiger partial charge in [0.25, 0.3) is 0 Å². The lowest BCUT2D eigenvalue weighted by Gasteiger charge is -2.49. The van der Waals surface area contributed by atoms with Crippen LogP contribution in [0.1, 0.15) is 6.92 Å². The Bertz CT molecular complexity index is 1480. The van der Waals surface area contributed by atoms with Gasteiger partial charge < -0.3 is 149 Å². The van der Waals surface area contributed by atoms with Crippen molar-refractivity contribution in [3.63, 3.8) is 0 Å². The molecule has 30 nitrogen and oxygen atoms in total. The van der Waals surface area contributed by atoms with Crippen molar-refractivity contribution in [3.05, 3.63) is 0 Å². The minimum Gasteiger partial charge on any atom is -0.394 e. The maximum atomic E-state index is 11.2. The lowest BCUT2D eigenvalue weighted by atomic mass is 9.95. The Balaban J connectivity index is 1.06. The summed E-state index contributed by atoms with van der Waals surface area (Å²) < 4.78 is 60.8. The Morgan fingerprint density at radius 1 is 0.273 bits per heavy atom. The van der Waals surface area contributed by atoms with Crippen LogP contribution < -0.4 is 0 Å². The smallest absolute Gasteiger partial charge is 0.187 e. The van der Waals surface area contributed by atoms with E-state index in [0.717, 1.165) is 0 Å². The molecule has 0 saturated carbocycles.